The van der Waals surface area contributed by atoms with E-state index in [4.69, 9.17) is 4.74 Å². The molecule has 2 unspecified atom stereocenters. The number of hydrogen-bond donors (Lipinski definition) is 1. The number of anilines is 1. The standard InChI is InChI=1S/C13H17BrN2O2/c1-8-6-10(14)7-15-12(8)16-13(17)11-4-3-5-18-9(11)2/h6-7,9,11H,3-5H2,1-2H3,(H,15,16,17). The summed E-state index contributed by atoms with van der Waals surface area (Å²) in [5, 5.41) is 2.89. The van der Waals surface area contributed by atoms with E-state index in [-0.39, 0.29) is 17.9 Å². The molecule has 98 valence electrons. The van der Waals surface area contributed by atoms with Gasteiger partial charge in [0.1, 0.15) is 5.82 Å². The van der Waals surface area contributed by atoms with Crippen LogP contribution in [0.3, 0.4) is 0 Å². The van der Waals surface area contributed by atoms with Crippen molar-refractivity contribution >= 4 is 27.7 Å². The maximum atomic E-state index is 12.2. The highest BCUT2D eigenvalue weighted by atomic mass is 79.9. The molecule has 0 aliphatic carbocycles. The van der Waals surface area contributed by atoms with Crippen LogP contribution in [-0.2, 0) is 9.53 Å². The van der Waals surface area contributed by atoms with E-state index < -0.39 is 0 Å². The maximum absolute atomic E-state index is 12.2. The number of aryl methyl sites for hydroxylation is 1. The molecule has 4 nitrogen and oxygen atoms in total. The van der Waals surface area contributed by atoms with Crippen LogP contribution < -0.4 is 5.32 Å². The lowest BCUT2D eigenvalue weighted by molar-refractivity contribution is -0.127. The average molecular weight is 313 g/mol. The Hall–Kier alpha value is -0.940. The second-order valence-electron chi connectivity index (χ2n) is 4.63. The number of carbonyl (C=O) groups is 1. The molecule has 1 saturated heterocycles. The number of aromatic nitrogens is 1. The van der Waals surface area contributed by atoms with Crippen molar-refractivity contribution in [3.8, 4) is 0 Å². The van der Waals surface area contributed by atoms with Crippen LogP contribution >= 0.6 is 15.9 Å². The van der Waals surface area contributed by atoms with E-state index in [2.05, 4.69) is 26.2 Å². The first kappa shape index (κ1) is 13.5. The van der Waals surface area contributed by atoms with Crippen LogP contribution in [0.1, 0.15) is 25.3 Å². The highest BCUT2D eigenvalue weighted by Gasteiger charge is 2.29. The Kier molecular flexibility index (Phi) is 4.35. The average Bonchev–Trinajstić information content (AvgIpc) is 2.33. The second-order valence-corrected chi connectivity index (χ2v) is 5.55. The summed E-state index contributed by atoms with van der Waals surface area (Å²) in [5.41, 5.74) is 0.946. The first-order valence-corrected chi connectivity index (χ1v) is 6.92. The quantitative estimate of drug-likeness (QED) is 0.913. The van der Waals surface area contributed by atoms with Crippen LogP contribution in [0.25, 0.3) is 0 Å². The molecule has 1 N–H and O–H groups in total. The number of ether oxygens (including phenoxy) is 1. The largest absolute Gasteiger partial charge is 0.378 e. The van der Waals surface area contributed by atoms with Gasteiger partial charge >= 0.3 is 0 Å². The molecule has 1 aliphatic rings. The van der Waals surface area contributed by atoms with E-state index >= 15 is 0 Å². The van der Waals surface area contributed by atoms with E-state index in [0.717, 1.165) is 29.5 Å². The molecule has 0 bridgehead atoms. The van der Waals surface area contributed by atoms with Crippen molar-refractivity contribution in [3.63, 3.8) is 0 Å². The second kappa shape index (κ2) is 5.80. The molecule has 2 rings (SSSR count). The summed E-state index contributed by atoms with van der Waals surface area (Å²) in [4.78, 5) is 16.4. The Morgan fingerprint density at radius 1 is 1.61 bits per heavy atom. The summed E-state index contributed by atoms with van der Waals surface area (Å²) in [7, 11) is 0. The molecule has 1 aromatic heterocycles. The predicted molar refractivity (Wildman–Crippen MR) is 73.4 cm³/mol. The Morgan fingerprint density at radius 2 is 2.39 bits per heavy atom. The number of hydrogen-bond acceptors (Lipinski definition) is 3. The van der Waals surface area contributed by atoms with E-state index in [1.807, 2.05) is 19.9 Å². The van der Waals surface area contributed by atoms with Crippen molar-refractivity contribution in [2.24, 2.45) is 5.92 Å². The monoisotopic (exact) mass is 312 g/mol. The predicted octanol–water partition coefficient (Wildman–Crippen LogP) is 2.91. The van der Waals surface area contributed by atoms with Crippen molar-refractivity contribution in [1.82, 2.24) is 4.98 Å². The van der Waals surface area contributed by atoms with Gasteiger partial charge in [-0.05, 0) is 54.2 Å². The molecule has 0 saturated carbocycles. The molecule has 1 aromatic rings. The zero-order valence-corrected chi connectivity index (χ0v) is 12.2. The number of nitrogens with zero attached hydrogens (tertiary/aromatic N) is 1. The molecular weight excluding hydrogens is 296 g/mol. The minimum absolute atomic E-state index is 0.000113. The number of halogens is 1. The Labute approximate surface area is 115 Å². The smallest absolute Gasteiger partial charge is 0.231 e. The molecule has 18 heavy (non-hydrogen) atoms. The van der Waals surface area contributed by atoms with Crippen LogP contribution in [0, 0.1) is 12.8 Å². The first-order valence-electron chi connectivity index (χ1n) is 6.12. The third-order valence-corrected chi connectivity index (χ3v) is 3.66. The lowest BCUT2D eigenvalue weighted by atomic mass is 9.94. The number of pyridine rings is 1. The van der Waals surface area contributed by atoms with E-state index in [1.54, 1.807) is 6.20 Å². The van der Waals surface area contributed by atoms with Crippen molar-refractivity contribution in [2.75, 3.05) is 11.9 Å². The van der Waals surface area contributed by atoms with Gasteiger partial charge in [-0.15, -0.1) is 0 Å². The molecular formula is C13H17BrN2O2. The van der Waals surface area contributed by atoms with Gasteiger partial charge in [-0.3, -0.25) is 4.79 Å². The molecule has 5 heteroatoms. The molecule has 2 heterocycles. The van der Waals surface area contributed by atoms with Gasteiger partial charge in [-0.2, -0.15) is 0 Å². The van der Waals surface area contributed by atoms with Crippen LogP contribution in [0.15, 0.2) is 16.7 Å². The van der Waals surface area contributed by atoms with Gasteiger partial charge in [0.25, 0.3) is 0 Å². The minimum Gasteiger partial charge on any atom is -0.378 e. The van der Waals surface area contributed by atoms with Crippen molar-refractivity contribution in [3.05, 3.63) is 22.3 Å². The number of nitrogens with one attached hydrogen (secondary N) is 1. The highest BCUT2D eigenvalue weighted by molar-refractivity contribution is 9.10. The highest BCUT2D eigenvalue weighted by Crippen LogP contribution is 2.23. The van der Waals surface area contributed by atoms with Gasteiger partial charge in [0.2, 0.25) is 5.91 Å². The lowest BCUT2D eigenvalue weighted by Gasteiger charge is -2.28. The fourth-order valence-electron chi connectivity index (χ4n) is 2.15. The molecule has 1 aliphatic heterocycles. The van der Waals surface area contributed by atoms with Crippen LogP contribution in [0.4, 0.5) is 5.82 Å². The maximum Gasteiger partial charge on any atom is 0.231 e. The zero-order chi connectivity index (χ0) is 13.1. The van der Waals surface area contributed by atoms with E-state index in [0.29, 0.717) is 5.82 Å². The SMILES string of the molecule is Cc1cc(Br)cnc1NC(=O)C1CCCOC1C. The van der Waals surface area contributed by atoms with Crippen LogP contribution in [0.5, 0.6) is 0 Å². The van der Waals surface area contributed by atoms with Crippen LogP contribution in [0.2, 0.25) is 0 Å². The molecule has 2 atom stereocenters. The summed E-state index contributed by atoms with van der Waals surface area (Å²) in [6, 6.07) is 1.93. The zero-order valence-electron chi connectivity index (χ0n) is 10.6. The number of amides is 1. The summed E-state index contributed by atoms with van der Waals surface area (Å²) >= 11 is 3.35. The summed E-state index contributed by atoms with van der Waals surface area (Å²) in [5.74, 6) is 0.546. The summed E-state index contributed by atoms with van der Waals surface area (Å²) < 4.78 is 6.42. The number of carbonyl (C=O) groups excluding carboxylic acids is 1. The molecule has 0 radical (unpaired) electrons. The van der Waals surface area contributed by atoms with Crippen molar-refractivity contribution < 1.29 is 9.53 Å². The van der Waals surface area contributed by atoms with Gasteiger partial charge in [0.15, 0.2) is 0 Å². The molecule has 1 fully saturated rings. The van der Waals surface area contributed by atoms with Gasteiger partial charge < -0.3 is 10.1 Å². The number of rotatable bonds is 2. The van der Waals surface area contributed by atoms with Crippen LogP contribution in [-0.4, -0.2) is 23.6 Å². The summed E-state index contributed by atoms with van der Waals surface area (Å²) in [6.07, 6.45) is 3.48. The van der Waals surface area contributed by atoms with Crippen molar-refractivity contribution in [1.29, 1.82) is 0 Å². The third kappa shape index (κ3) is 3.09. The van der Waals surface area contributed by atoms with Gasteiger partial charge in [0, 0.05) is 17.3 Å². The van der Waals surface area contributed by atoms with Crippen molar-refractivity contribution in [2.45, 2.75) is 32.8 Å². The lowest BCUT2D eigenvalue weighted by Crippen LogP contribution is -2.36. The fraction of sp³-hybridized carbons (Fsp3) is 0.538. The van der Waals surface area contributed by atoms with Gasteiger partial charge in [0.05, 0.1) is 12.0 Å². The Balaban J connectivity index is 2.06. The summed E-state index contributed by atoms with van der Waals surface area (Å²) in [6.45, 7) is 4.62. The Morgan fingerprint density at radius 3 is 3.06 bits per heavy atom. The van der Waals surface area contributed by atoms with Gasteiger partial charge in [-0.1, -0.05) is 0 Å². The molecule has 0 spiro atoms. The fourth-order valence-corrected chi connectivity index (χ4v) is 2.59. The minimum atomic E-state index is -0.0800. The Bertz CT molecular complexity index is 451. The van der Waals surface area contributed by atoms with Gasteiger partial charge in [-0.25, -0.2) is 4.98 Å². The first-order chi connectivity index (χ1) is 8.58. The topological polar surface area (TPSA) is 51.2 Å². The third-order valence-electron chi connectivity index (χ3n) is 3.23. The normalized spacial score (nSPS) is 23.7. The van der Waals surface area contributed by atoms with E-state index in [9.17, 15) is 4.79 Å². The molecule has 0 aromatic carbocycles. The van der Waals surface area contributed by atoms with E-state index in [1.165, 1.54) is 0 Å². The molecule has 1 amide bonds.